The fourth-order valence-corrected chi connectivity index (χ4v) is 11.3. The van der Waals surface area contributed by atoms with Gasteiger partial charge in [0.1, 0.15) is 0 Å². The molecule has 0 radical (unpaired) electrons. The minimum absolute atomic E-state index is 0.0255. The second-order valence-corrected chi connectivity index (χ2v) is 15.5. The molecule has 0 spiro atoms. The van der Waals surface area contributed by atoms with Crippen LogP contribution in [0.5, 0.6) is 0 Å². The summed E-state index contributed by atoms with van der Waals surface area (Å²) >= 11 is 0. The van der Waals surface area contributed by atoms with Gasteiger partial charge in [-0.3, -0.25) is 4.79 Å². The Morgan fingerprint density at radius 3 is 1.97 bits per heavy atom. The zero-order valence-electron chi connectivity index (χ0n) is 22.8. The standard InChI is InChI=1S/C30H50O4/c1-18-23(32)19(31)16-21-26(18,4)9-8-20-27(21,5)11-12-29(7)22-17-25(2,3)10-14-30(22,24(33)34)15-13-28(20,29)6/h18-23,31-32H,8-17H2,1-7H3,(H,33,34)/t18-,19+,20-,21+,22-,23+,26+,27+,28+,29-,30-/m0/s1. The van der Waals surface area contributed by atoms with E-state index < -0.39 is 23.6 Å². The highest BCUT2D eigenvalue weighted by molar-refractivity contribution is 5.76. The number of carbonyl (C=O) groups is 1. The van der Waals surface area contributed by atoms with Crippen molar-refractivity contribution in [2.75, 3.05) is 0 Å². The molecule has 5 aliphatic carbocycles. The van der Waals surface area contributed by atoms with Gasteiger partial charge >= 0.3 is 5.97 Å². The first-order valence-electron chi connectivity index (χ1n) is 14.2. The zero-order valence-corrected chi connectivity index (χ0v) is 22.8. The molecule has 0 bridgehead atoms. The van der Waals surface area contributed by atoms with Crippen LogP contribution in [0.3, 0.4) is 0 Å². The van der Waals surface area contributed by atoms with Crippen molar-refractivity contribution in [3.05, 3.63) is 0 Å². The molecular formula is C30H50O4. The summed E-state index contributed by atoms with van der Waals surface area (Å²) in [6, 6.07) is 0. The maximum Gasteiger partial charge on any atom is 0.309 e. The van der Waals surface area contributed by atoms with E-state index in [1.807, 2.05) is 0 Å². The van der Waals surface area contributed by atoms with Gasteiger partial charge in [-0.1, -0.05) is 48.5 Å². The van der Waals surface area contributed by atoms with E-state index in [-0.39, 0.29) is 38.9 Å². The van der Waals surface area contributed by atoms with Gasteiger partial charge in [-0.05, 0) is 115 Å². The quantitative estimate of drug-likeness (QED) is 0.418. The van der Waals surface area contributed by atoms with Crippen LogP contribution in [-0.4, -0.2) is 33.5 Å². The molecule has 4 nitrogen and oxygen atoms in total. The molecule has 0 amide bonds. The fourth-order valence-electron chi connectivity index (χ4n) is 11.3. The highest BCUT2D eigenvalue weighted by Crippen LogP contribution is 2.78. The average Bonchev–Trinajstić information content (AvgIpc) is 2.75. The van der Waals surface area contributed by atoms with Crippen molar-refractivity contribution in [3.8, 4) is 0 Å². The van der Waals surface area contributed by atoms with E-state index >= 15 is 0 Å². The molecule has 0 saturated heterocycles. The van der Waals surface area contributed by atoms with Gasteiger partial charge in [0.25, 0.3) is 0 Å². The number of aliphatic hydroxyl groups is 2. The van der Waals surface area contributed by atoms with Crippen LogP contribution in [0.15, 0.2) is 0 Å². The second-order valence-electron chi connectivity index (χ2n) is 15.5. The van der Waals surface area contributed by atoms with Crippen molar-refractivity contribution in [3.63, 3.8) is 0 Å². The molecule has 5 aliphatic rings. The maximum atomic E-state index is 12.9. The van der Waals surface area contributed by atoms with E-state index in [0.29, 0.717) is 18.3 Å². The normalized spacial score (nSPS) is 58.6. The fraction of sp³-hybridized carbons (Fsp3) is 0.967. The number of aliphatic carboxylic acids is 1. The predicted octanol–water partition coefficient (Wildman–Crippen LogP) is 6.28. The Morgan fingerprint density at radius 1 is 0.735 bits per heavy atom. The van der Waals surface area contributed by atoms with Gasteiger partial charge in [0.15, 0.2) is 0 Å². The minimum atomic E-state index is -0.630. The lowest BCUT2D eigenvalue weighted by atomic mass is 9.30. The summed E-state index contributed by atoms with van der Waals surface area (Å²) in [5, 5.41) is 32.2. The van der Waals surface area contributed by atoms with Crippen molar-refractivity contribution in [2.45, 2.75) is 125 Å². The largest absolute Gasteiger partial charge is 0.481 e. The number of aliphatic hydroxyl groups excluding tert-OH is 2. The van der Waals surface area contributed by atoms with Crippen LogP contribution >= 0.6 is 0 Å². The monoisotopic (exact) mass is 474 g/mol. The molecule has 0 aromatic rings. The zero-order chi connectivity index (χ0) is 25.1. The molecule has 0 aromatic heterocycles. The molecule has 0 aliphatic heterocycles. The van der Waals surface area contributed by atoms with Crippen LogP contribution < -0.4 is 0 Å². The van der Waals surface area contributed by atoms with Crippen LogP contribution in [0.2, 0.25) is 0 Å². The van der Waals surface area contributed by atoms with Crippen molar-refractivity contribution < 1.29 is 20.1 Å². The van der Waals surface area contributed by atoms with Crippen molar-refractivity contribution >= 4 is 5.97 Å². The number of hydrogen-bond acceptors (Lipinski definition) is 3. The first-order chi connectivity index (χ1) is 15.6. The summed E-state index contributed by atoms with van der Waals surface area (Å²) in [6.45, 7) is 16.8. The summed E-state index contributed by atoms with van der Waals surface area (Å²) in [6.07, 6.45) is 8.63. The summed E-state index contributed by atoms with van der Waals surface area (Å²) in [5.74, 6) is 0.741. The van der Waals surface area contributed by atoms with E-state index in [4.69, 9.17) is 0 Å². The lowest BCUT2D eigenvalue weighted by Crippen LogP contribution is -2.69. The van der Waals surface area contributed by atoms with Crippen LogP contribution in [0.25, 0.3) is 0 Å². The van der Waals surface area contributed by atoms with Gasteiger partial charge in [-0.25, -0.2) is 0 Å². The van der Waals surface area contributed by atoms with Crippen molar-refractivity contribution in [1.29, 1.82) is 0 Å². The highest BCUT2D eigenvalue weighted by Gasteiger charge is 2.73. The summed E-state index contributed by atoms with van der Waals surface area (Å²) in [5.41, 5.74) is -0.0270. The lowest BCUT2D eigenvalue weighted by molar-refractivity contribution is -0.272. The minimum Gasteiger partial charge on any atom is -0.481 e. The predicted molar refractivity (Wildman–Crippen MR) is 134 cm³/mol. The van der Waals surface area contributed by atoms with Crippen LogP contribution in [0.4, 0.5) is 0 Å². The highest BCUT2D eigenvalue weighted by atomic mass is 16.4. The van der Waals surface area contributed by atoms with Gasteiger partial charge < -0.3 is 15.3 Å². The Bertz CT molecular complexity index is 868. The van der Waals surface area contributed by atoms with Crippen molar-refractivity contribution in [1.82, 2.24) is 0 Å². The summed E-state index contributed by atoms with van der Waals surface area (Å²) in [4.78, 5) is 12.9. The molecule has 0 aromatic carbocycles. The van der Waals surface area contributed by atoms with Crippen LogP contribution in [0, 0.1) is 56.2 Å². The molecular weight excluding hydrogens is 424 g/mol. The SMILES string of the molecule is C[C@H]1[C@@H](O)[C@H](O)C[C@@H]2[C@]1(C)CC[C@H]1[C@@]2(C)CC[C@@]2(C)[C@@H]3CC(C)(C)CC[C@]3(C(=O)O)CC[C@]12C. The molecule has 34 heavy (non-hydrogen) atoms. The average molecular weight is 475 g/mol. The Morgan fingerprint density at radius 2 is 1.32 bits per heavy atom. The van der Waals surface area contributed by atoms with Gasteiger partial charge in [0.05, 0.1) is 17.6 Å². The molecule has 0 heterocycles. The number of hydrogen-bond donors (Lipinski definition) is 3. The summed E-state index contributed by atoms with van der Waals surface area (Å²) < 4.78 is 0. The number of carboxylic acid groups (broad SMARTS) is 1. The van der Waals surface area contributed by atoms with E-state index in [0.717, 1.165) is 51.4 Å². The first-order valence-corrected chi connectivity index (χ1v) is 14.2. The van der Waals surface area contributed by atoms with Crippen LogP contribution in [0.1, 0.15) is 113 Å². The van der Waals surface area contributed by atoms with Gasteiger partial charge in [0.2, 0.25) is 0 Å². The molecule has 5 rings (SSSR count). The lowest BCUT2D eigenvalue weighted by Gasteiger charge is -2.74. The third-order valence-corrected chi connectivity index (χ3v) is 14.0. The Kier molecular flexibility index (Phi) is 5.34. The molecule has 11 atom stereocenters. The van der Waals surface area contributed by atoms with Gasteiger partial charge in [-0.15, -0.1) is 0 Å². The van der Waals surface area contributed by atoms with Crippen LogP contribution in [-0.2, 0) is 4.79 Å². The second kappa shape index (κ2) is 7.24. The smallest absolute Gasteiger partial charge is 0.309 e. The molecule has 4 heteroatoms. The molecule has 5 saturated carbocycles. The van der Waals surface area contributed by atoms with E-state index in [1.54, 1.807) is 0 Å². The molecule has 0 unspecified atom stereocenters. The first kappa shape index (κ1) is 25.1. The Labute approximate surface area is 207 Å². The molecule has 194 valence electrons. The molecule has 5 fully saturated rings. The van der Waals surface area contributed by atoms with Gasteiger partial charge in [0, 0.05) is 0 Å². The van der Waals surface area contributed by atoms with Crippen molar-refractivity contribution in [2.24, 2.45) is 56.2 Å². The Balaban J connectivity index is 1.57. The van der Waals surface area contributed by atoms with Gasteiger partial charge in [-0.2, -0.15) is 0 Å². The topological polar surface area (TPSA) is 77.8 Å². The third-order valence-electron chi connectivity index (χ3n) is 14.0. The molecule has 3 N–H and O–H groups in total. The van der Waals surface area contributed by atoms with E-state index in [9.17, 15) is 20.1 Å². The van der Waals surface area contributed by atoms with E-state index in [1.165, 1.54) is 6.42 Å². The van der Waals surface area contributed by atoms with E-state index in [2.05, 4.69) is 48.5 Å². The number of fused-ring (bicyclic) bond motifs is 7. The maximum absolute atomic E-state index is 12.9. The third kappa shape index (κ3) is 2.88. The number of rotatable bonds is 1. The Hall–Kier alpha value is -0.610. The number of carboxylic acids is 1. The summed E-state index contributed by atoms with van der Waals surface area (Å²) in [7, 11) is 0.